The molecule has 0 aliphatic heterocycles. The number of hydrogen-bond acceptors (Lipinski definition) is 3. The van der Waals surface area contributed by atoms with Crippen LogP contribution in [0.3, 0.4) is 0 Å². The Labute approximate surface area is 190 Å². The van der Waals surface area contributed by atoms with Gasteiger partial charge in [0.25, 0.3) is 5.91 Å². The van der Waals surface area contributed by atoms with Crippen molar-refractivity contribution >= 4 is 11.8 Å². The van der Waals surface area contributed by atoms with Gasteiger partial charge in [-0.15, -0.1) is 0 Å². The van der Waals surface area contributed by atoms with E-state index in [1.54, 1.807) is 11.9 Å². The topological polar surface area (TPSA) is 58.6 Å². The molecule has 2 amide bonds. The van der Waals surface area contributed by atoms with E-state index in [1.165, 1.54) is 0 Å². The Kier molecular flexibility index (Phi) is 8.03. The zero-order valence-corrected chi connectivity index (χ0v) is 18.9. The maximum Gasteiger partial charge on any atom is 0.261 e. The molecule has 0 fully saturated rings. The largest absolute Gasteiger partial charge is 0.484 e. The molecule has 5 nitrogen and oxygen atoms in total. The minimum atomic E-state index is -0.656. The summed E-state index contributed by atoms with van der Waals surface area (Å²) in [6, 6.07) is 24.6. The van der Waals surface area contributed by atoms with Crippen molar-refractivity contribution in [1.29, 1.82) is 0 Å². The maximum absolute atomic E-state index is 13.4. The van der Waals surface area contributed by atoms with Gasteiger partial charge < -0.3 is 15.0 Å². The SMILES string of the molecule is CNC(=O)[C@@H](Cc1ccccc1)N(Cc1cccc(C)c1)C(=O)COc1cccc(C)c1. The lowest BCUT2D eigenvalue weighted by atomic mass is 10.0. The van der Waals surface area contributed by atoms with Gasteiger partial charge in [-0.05, 0) is 42.7 Å². The molecule has 0 unspecified atom stereocenters. The summed E-state index contributed by atoms with van der Waals surface area (Å²) >= 11 is 0. The molecule has 0 radical (unpaired) electrons. The molecule has 1 N–H and O–H groups in total. The van der Waals surface area contributed by atoms with Crippen LogP contribution in [0.1, 0.15) is 22.3 Å². The van der Waals surface area contributed by atoms with Gasteiger partial charge in [-0.2, -0.15) is 0 Å². The van der Waals surface area contributed by atoms with Gasteiger partial charge in [-0.3, -0.25) is 9.59 Å². The van der Waals surface area contributed by atoms with E-state index >= 15 is 0 Å². The van der Waals surface area contributed by atoms with Gasteiger partial charge in [0.1, 0.15) is 11.8 Å². The van der Waals surface area contributed by atoms with Crippen molar-refractivity contribution in [3.05, 3.63) is 101 Å². The summed E-state index contributed by atoms with van der Waals surface area (Å²) in [6.45, 7) is 4.16. The van der Waals surface area contributed by atoms with Crippen molar-refractivity contribution < 1.29 is 14.3 Å². The zero-order valence-electron chi connectivity index (χ0n) is 18.9. The standard InChI is InChI=1S/C27H30N2O3/c1-20-9-7-13-23(15-20)18-29(26(30)19-32-24-14-8-10-21(2)16-24)25(27(31)28-3)17-22-11-5-4-6-12-22/h4-16,25H,17-19H2,1-3H3,(H,28,31)/t25-/m1/s1. The smallest absolute Gasteiger partial charge is 0.261 e. The van der Waals surface area contributed by atoms with Crippen molar-refractivity contribution in [2.24, 2.45) is 0 Å². The van der Waals surface area contributed by atoms with Crippen LogP contribution in [-0.2, 0) is 22.6 Å². The molecule has 0 bridgehead atoms. The number of hydrogen-bond donors (Lipinski definition) is 1. The van der Waals surface area contributed by atoms with E-state index in [0.717, 1.165) is 22.3 Å². The monoisotopic (exact) mass is 430 g/mol. The van der Waals surface area contributed by atoms with Crippen LogP contribution >= 0.6 is 0 Å². The van der Waals surface area contributed by atoms with E-state index in [0.29, 0.717) is 18.7 Å². The first-order valence-corrected chi connectivity index (χ1v) is 10.8. The van der Waals surface area contributed by atoms with Crippen molar-refractivity contribution in [3.8, 4) is 5.75 Å². The van der Waals surface area contributed by atoms with Crippen LogP contribution in [0.2, 0.25) is 0 Å². The number of nitrogens with zero attached hydrogens (tertiary/aromatic N) is 1. The average molecular weight is 431 g/mol. The fraction of sp³-hybridized carbons (Fsp3) is 0.259. The molecule has 0 spiro atoms. The number of aryl methyl sites for hydroxylation is 2. The number of ether oxygens (including phenoxy) is 1. The van der Waals surface area contributed by atoms with E-state index < -0.39 is 6.04 Å². The number of amides is 2. The van der Waals surface area contributed by atoms with Crippen molar-refractivity contribution in [2.75, 3.05) is 13.7 Å². The third-order valence-corrected chi connectivity index (χ3v) is 5.30. The van der Waals surface area contributed by atoms with E-state index in [-0.39, 0.29) is 18.4 Å². The molecule has 0 saturated carbocycles. The number of carbonyl (C=O) groups excluding carboxylic acids is 2. The van der Waals surface area contributed by atoms with Gasteiger partial charge in [0, 0.05) is 20.0 Å². The van der Waals surface area contributed by atoms with Crippen LogP contribution in [0.25, 0.3) is 0 Å². The van der Waals surface area contributed by atoms with Crippen molar-refractivity contribution in [1.82, 2.24) is 10.2 Å². The molecule has 0 aliphatic rings. The molecular formula is C27H30N2O3. The fourth-order valence-electron chi connectivity index (χ4n) is 3.66. The van der Waals surface area contributed by atoms with Gasteiger partial charge >= 0.3 is 0 Å². The second-order valence-electron chi connectivity index (χ2n) is 7.94. The third-order valence-electron chi connectivity index (χ3n) is 5.30. The summed E-state index contributed by atoms with van der Waals surface area (Å²) in [7, 11) is 1.60. The Morgan fingerprint density at radius 2 is 1.53 bits per heavy atom. The van der Waals surface area contributed by atoms with Crippen molar-refractivity contribution in [3.63, 3.8) is 0 Å². The van der Waals surface area contributed by atoms with Crippen LogP contribution in [0.5, 0.6) is 5.75 Å². The number of carbonyl (C=O) groups is 2. The van der Waals surface area contributed by atoms with Gasteiger partial charge in [0.2, 0.25) is 5.91 Å². The van der Waals surface area contributed by atoms with Gasteiger partial charge in [0.15, 0.2) is 6.61 Å². The van der Waals surface area contributed by atoms with Gasteiger partial charge in [0.05, 0.1) is 0 Å². The molecule has 5 heteroatoms. The van der Waals surface area contributed by atoms with Crippen LogP contribution in [-0.4, -0.2) is 36.4 Å². The van der Waals surface area contributed by atoms with Crippen LogP contribution in [0.4, 0.5) is 0 Å². The predicted molar refractivity (Wildman–Crippen MR) is 126 cm³/mol. The molecule has 166 valence electrons. The second-order valence-corrected chi connectivity index (χ2v) is 7.94. The molecule has 32 heavy (non-hydrogen) atoms. The highest BCUT2D eigenvalue weighted by Gasteiger charge is 2.30. The average Bonchev–Trinajstić information content (AvgIpc) is 2.80. The van der Waals surface area contributed by atoms with Crippen LogP contribution in [0, 0.1) is 13.8 Å². The minimum absolute atomic E-state index is 0.141. The number of nitrogens with one attached hydrogen (secondary N) is 1. The summed E-state index contributed by atoms with van der Waals surface area (Å²) in [5, 5.41) is 2.73. The first-order chi connectivity index (χ1) is 15.5. The normalized spacial score (nSPS) is 11.5. The Morgan fingerprint density at radius 1 is 0.875 bits per heavy atom. The molecule has 3 rings (SSSR count). The summed E-state index contributed by atoms with van der Waals surface area (Å²) in [6.07, 6.45) is 0.419. The predicted octanol–water partition coefficient (Wildman–Crippen LogP) is 4.07. The lowest BCUT2D eigenvalue weighted by Gasteiger charge is -2.31. The first kappa shape index (κ1) is 23.1. The summed E-state index contributed by atoms with van der Waals surface area (Å²) in [4.78, 5) is 27.9. The summed E-state index contributed by atoms with van der Waals surface area (Å²) in [5.41, 5.74) is 4.11. The molecule has 0 aliphatic carbocycles. The molecule has 1 atom stereocenters. The van der Waals surface area contributed by atoms with Crippen molar-refractivity contribution in [2.45, 2.75) is 32.9 Å². The van der Waals surface area contributed by atoms with E-state index in [4.69, 9.17) is 4.74 Å². The number of rotatable bonds is 9. The molecule has 0 saturated heterocycles. The number of benzene rings is 3. The molecule has 0 heterocycles. The molecular weight excluding hydrogens is 400 g/mol. The fourth-order valence-corrected chi connectivity index (χ4v) is 3.66. The van der Waals surface area contributed by atoms with Gasteiger partial charge in [-0.25, -0.2) is 0 Å². The Hall–Kier alpha value is -3.60. The highest BCUT2D eigenvalue weighted by molar-refractivity contribution is 5.88. The summed E-state index contributed by atoms with van der Waals surface area (Å²) < 4.78 is 5.78. The Bertz CT molecular complexity index is 1050. The molecule has 3 aromatic rings. The van der Waals surface area contributed by atoms with E-state index in [2.05, 4.69) is 5.32 Å². The summed E-state index contributed by atoms with van der Waals surface area (Å²) in [5.74, 6) is 0.191. The van der Waals surface area contributed by atoms with E-state index in [1.807, 2.05) is 92.7 Å². The second kappa shape index (κ2) is 11.1. The van der Waals surface area contributed by atoms with Gasteiger partial charge in [-0.1, -0.05) is 72.3 Å². The lowest BCUT2D eigenvalue weighted by molar-refractivity contribution is -0.142. The molecule has 0 aromatic heterocycles. The zero-order chi connectivity index (χ0) is 22.9. The Morgan fingerprint density at radius 3 is 2.19 bits per heavy atom. The first-order valence-electron chi connectivity index (χ1n) is 10.8. The van der Waals surface area contributed by atoms with Crippen LogP contribution in [0.15, 0.2) is 78.9 Å². The Balaban J connectivity index is 1.87. The quantitative estimate of drug-likeness (QED) is 0.557. The van der Waals surface area contributed by atoms with Crippen LogP contribution < -0.4 is 10.1 Å². The van der Waals surface area contributed by atoms with E-state index in [9.17, 15) is 9.59 Å². The number of likely N-dealkylation sites (N-methyl/N-ethyl adjacent to an activating group) is 1. The highest BCUT2D eigenvalue weighted by Crippen LogP contribution is 2.17. The molecule has 3 aromatic carbocycles. The lowest BCUT2D eigenvalue weighted by Crippen LogP contribution is -2.51. The highest BCUT2D eigenvalue weighted by atomic mass is 16.5. The maximum atomic E-state index is 13.4. The third kappa shape index (κ3) is 6.45. The minimum Gasteiger partial charge on any atom is -0.484 e.